The van der Waals surface area contributed by atoms with Crippen molar-refractivity contribution >= 4 is 5.91 Å². The van der Waals surface area contributed by atoms with Crippen molar-refractivity contribution in [3.05, 3.63) is 58.9 Å². The summed E-state index contributed by atoms with van der Waals surface area (Å²) in [6, 6.07) is 8.84. The molecule has 0 aliphatic heterocycles. The number of carbonyl (C=O) groups excluding carboxylic acids is 1. The van der Waals surface area contributed by atoms with Gasteiger partial charge in [0.25, 0.3) is 5.56 Å². The maximum atomic E-state index is 13.4. The van der Waals surface area contributed by atoms with Gasteiger partial charge in [-0.3, -0.25) is 9.59 Å². The van der Waals surface area contributed by atoms with Crippen molar-refractivity contribution in [1.82, 2.24) is 9.47 Å². The fourth-order valence-electron chi connectivity index (χ4n) is 6.30. The molecule has 4 fully saturated rings. The molecule has 0 saturated heterocycles. The largest absolute Gasteiger partial charge is 0.467 e. The highest BCUT2D eigenvalue weighted by molar-refractivity contribution is 5.77. The van der Waals surface area contributed by atoms with E-state index >= 15 is 0 Å². The number of furan rings is 1. The molecule has 4 saturated carbocycles. The standard InChI is InChI=1S/C22H26N2O3/c25-20-5-1-2-6-23(20)15-21(26)24(14-19-4-3-7-27-19)22-11-16-8-17(12-22)10-18(9-16)13-22/h1-7,16-18H,8-15H2. The molecule has 5 heteroatoms. The van der Waals surface area contributed by atoms with Gasteiger partial charge in [0.05, 0.1) is 12.8 Å². The van der Waals surface area contributed by atoms with Crippen molar-refractivity contribution in [2.24, 2.45) is 17.8 Å². The number of hydrogen-bond acceptors (Lipinski definition) is 3. The third kappa shape index (κ3) is 3.03. The third-order valence-corrected chi connectivity index (χ3v) is 6.98. The molecule has 0 radical (unpaired) electrons. The first kappa shape index (κ1) is 16.8. The van der Waals surface area contributed by atoms with Crippen molar-refractivity contribution in [2.75, 3.05) is 0 Å². The van der Waals surface area contributed by atoms with Crippen LogP contribution in [0.3, 0.4) is 0 Å². The molecular weight excluding hydrogens is 340 g/mol. The molecule has 27 heavy (non-hydrogen) atoms. The van der Waals surface area contributed by atoms with Gasteiger partial charge in [0.2, 0.25) is 5.91 Å². The van der Waals surface area contributed by atoms with Gasteiger partial charge < -0.3 is 13.9 Å². The van der Waals surface area contributed by atoms with Crippen LogP contribution in [0.5, 0.6) is 0 Å². The Labute approximate surface area is 159 Å². The average Bonchev–Trinajstić information content (AvgIpc) is 3.13. The quantitative estimate of drug-likeness (QED) is 0.814. The van der Waals surface area contributed by atoms with Crippen LogP contribution in [0.4, 0.5) is 0 Å². The van der Waals surface area contributed by atoms with Gasteiger partial charge in [0.1, 0.15) is 12.3 Å². The van der Waals surface area contributed by atoms with Crippen LogP contribution in [0.15, 0.2) is 52.0 Å². The number of aromatic nitrogens is 1. The van der Waals surface area contributed by atoms with Crippen LogP contribution in [0.1, 0.15) is 44.3 Å². The van der Waals surface area contributed by atoms with Gasteiger partial charge in [0, 0.05) is 17.8 Å². The van der Waals surface area contributed by atoms with E-state index in [2.05, 4.69) is 4.90 Å². The SMILES string of the molecule is O=C(Cn1ccccc1=O)N(Cc1ccco1)C12CC3CC(CC(C3)C1)C2. The minimum Gasteiger partial charge on any atom is -0.467 e. The van der Waals surface area contributed by atoms with E-state index in [1.807, 2.05) is 12.1 Å². The summed E-state index contributed by atoms with van der Waals surface area (Å²) in [5.41, 5.74) is -0.189. The van der Waals surface area contributed by atoms with E-state index in [0.29, 0.717) is 6.54 Å². The minimum atomic E-state index is -0.130. The second-order valence-corrected chi connectivity index (χ2v) is 8.87. The third-order valence-electron chi connectivity index (χ3n) is 6.98. The molecule has 0 atom stereocenters. The zero-order chi connectivity index (χ0) is 18.4. The summed E-state index contributed by atoms with van der Waals surface area (Å²) in [6.07, 6.45) is 10.7. The van der Waals surface area contributed by atoms with Crippen LogP contribution in [-0.2, 0) is 17.9 Å². The second kappa shape index (κ2) is 6.39. The lowest BCUT2D eigenvalue weighted by molar-refractivity contribution is -0.153. The number of rotatable bonds is 5. The fourth-order valence-corrected chi connectivity index (χ4v) is 6.30. The summed E-state index contributed by atoms with van der Waals surface area (Å²) in [5.74, 6) is 3.11. The van der Waals surface area contributed by atoms with E-state index in [4.69, 9.17) is 4.42 Å². The normalized spacial score (nSPS) is 31.2. The van der Waals surface area contributed by atoms with Crippen LogP contribution in [-0.4, -0.2) is 20.9 Å². The van der Waals surface area contributed by atoms with Gasteiger partial charge in [-0.1, -0.05) is 6.07 Å². The van der Waals surface area contributed by atoms with Crippen molar-refractivity contribution in [3.8, 4) is 0 Å². The van der Waals surface area contributed by atoms with Crippen molar-refractivity contribution in [1.29, 1.82) is 0 Å². The zero-order valence-corrected chi connectivity index (χ0v) is 15.5. The van der Waals surface area contributed by atoms with E-state index in [1.165, 1.54) is 29.9 Å². The summed E-state index contributed by atoms with van der Waals surface area (Å²) >= 11 is 0. The molecule has 0 aromatic carbocycles. The Kier molecular flexibility index (Phi) is 3.99. The highest BCUT2D eigenvalue weighted by Crippen LogP contribution is 2.58. The first-order chi connectivity index (χ1) is 13.1. The number of carbonyl (C=O) groups is 1. The molecule has 1 amide bonds. The highest BCUT2D eigenvalue weighted by atomic mass is 16.3. The monoisotopic (exact) mass is 366 g/mol. The maximum Gasteiger partial charge on any atom is 0.250 e. The number of amides is 1. The van der Waals surface area contributed by atoms with Gasteiger partial charge in [0.15, 0.2) is 0 Å². The summed E-state index contributed by atoms with van der Waals surface area (Å²) in [6.45, 7) is 0.599. The smallest absolute Gasteiger partial charge is 0.250 e. The molecule has 0 N–H and O–H groups in total. The van der Waals surface area contributed by atoms with Gasteiger partial charge >= 0.3 is 0 Å². The molecule has 142 valence electrons. The number of pyridine rings is 1. The van der Waals surface area contributed by atoms with Gasteiger partial charge in [-0.05, 0) is 74.5 Å². The summed E-state index contributed by atoms with van der Waals surface area (Å²) < 4.78 is 7.10. The lowest BCUT2D eigenvalue weighted by atomic mass is 9.52. The topological polar surface area (TPSA) is 55.5 Å². The summed E-state index contributed by atoms with van der Waals surface area (Å²) in [5, 5.41) is 0. The van der Waals surface area contributed by atoms with E-state index in [9.17, 15) is 9.59 Å². The average molecular weight is 366 g/mol. The molecular formula is C22H26N2O3. The van der Waals surface area contributed by atoms with Crippen LogP contribution in [0.2, 0.25) is 0 Å². The van der Waals surface area contributed by atoms with E-state index in [1.54, 1.807) is 24.6 Å². The van der Waals surface area contributed by atoms with Gasteiger partial charge in [-0.25, -0.2) is 0 Å². The first-order valence-corrected chi connectivity index (χ1v) is 10.1. The van der Waals surface area contributed by atoms with Crippen molar-refractivity contribution in [3.63, 3.8) is 0 Å². The highest BCUT2D eigenvalue weighted by Gasteiger charge is 2.54. The minimum absolute atomic E-state index is 0.0293. The zero-order valence-electron chi connectivity index (χ0n) is 15.5. The first-order valence-electron chi connectivity index (χ1n) is 10.1. The lowest BCUT2D eigenvalue weighted by Gasteiger charge is -2.60. The van der Waals surface area contributed by atoms with Crippen molar-refractivity contribution in [2.45, 2.75) is 57.2 Å². The Hall–Kier alpha value is -2.30. The molecule has 4 bridgehead atoms. The second-order valence-electron chi connectivity index (χ2n) is 8.87. The molecule has 2 aromatic heterocycles. The van der Waals surface area contributed by atoms with Crippen LogP contribution in [0.25, 0.3) is 0 Å². The predicted molar refractivity (Wildman–Crippen MR) is 101 cm³/mol. The number of hydrogen-bond donors (Lipinski definition) is 0. The van der Waals surface area contributed by atoms with Crippen LogP contribution in [0, 0.1) is 17.8 Å². The predicted octanol–water partition coefficient (Wildman–Crippen LogP) is 3.44. The Bertz CT molecular complexity index is 848. The maximum absolute atomic E-state index is 13.4. The Morgan fingerprint density at radius 1 is 1.07 bits per heavy atom. The molecule has 0 spiro atoms. The molecule has 5 nitrogen and oxygen atoms in total. The van der Waals surface area contributed by atoms with Gasteiger partial charge in [-0.2, -0.15) is 0 Å². The van der Waals surface area contributed by atoms with E-state index in [-0.39, 0.29) is 23.6 Å². The lowest BCUT2D eigenvalue weighted by Crippen LogP contribution is -2.61. The molecule has 4 aliphatic rings. The van der Waals surface area contributed by atoms with E-state index in [0.717, 1.165) is 42.8 Å². The molecule has 2 heterocycles. The van der Waals surface area contributed by atoms with Crippen LogP contribution < -0.4 is 5.56 Å². The summed E-state index contributed by atoms with van der Waals surface area (Å²) in [4.78, 5) is 27.6. The van der Waals surface area contributed by atoms with Crippen molar-refractivity contribution < 1.29 is 9.21 Å². The number of nitrogens with zero attached hydrogens (tertiary/aromatic N) is 2. The Balaban J connectivity index is 1.47. The molecule has 2 aromatic rings. The molecule has 6 rings (SSSR count). The molecule has 4 aliphatic carbocycles. The molecule has 0 unspecified atom stereocenters. The summed E-state index contributed by atoms with van der Waals surface area (Å²) in [7, 11) is 0. The Morgan fingerprint density at radius 3 is 2.37 bits per heavy atom. The Morgan fingerprint density at radius 2 is 1.78 bits per heavy atom. The fraction of sp³-hybridized carbons (Fsp3) is 0.545. The van der Waals surface area contributed by atoms with E-state index < -0.39 is 0 Å². The van der Waals surface area contributed by atoms with Crippen LogP contribution >= 0.6 is 0 Å². The van der Waals surface area contributed by atoms with Gasteiger partial charge in [-0.15, -0.1) is 0 Å².